The number of carbonyl (C=O) groups is 3. The number of hydrogen-bond donors (Lipinski definition) is 1. The van der Waals surface area contributed by atoms with Gasteiger partial charge in [-0.15, -0.1) is 0 Å². The number of amides is 4. The lowest BCUT2D eigenvalue weighted by Gasteiger charge is -2.41. The maximum Gasteiger partial charge on any atom is 0.407 e. The number of imide groups is 1. The summed E-state index contributed by atoms with van der Waals surface area (Å²) in [5.74, 6) is -0.237. The SMILES string of the molecule is CC(C)(C)N1C(=O)N(c2ccccc2)C2(CCN(C(=O)O)CC2)C1=O. The molecular weight excluding hydrogens is 322 g/mol. The number of anilines is 1. The minimum absolute atomic E-state index is 0.232. The predicted octanol–water partition coefficient (Wildman–Crippen LogP) is 2.77. The van der Waals surface area contributed by atoms with Gasteiger partial charge in [-0.05, 0) is 45.7 Å². The molecule has 0 aliphatic carbocycles. The zero-order chi connectivity index (χ0) is 18.4. The van der Waals surface area contributed by atoms with Gasteiger partial charge in [-0.1, -0.05) is 18.2 Å². The van der Waals surface area contributed by atoms with Crippen LogP contribution in [-0.2, 0) is 4.79 Å². The summed E-state index contributed by atoms with van der Waals surface area (Å²) in [6.07, 6.45) is -0.401. The Morgan fingerprint density at radius 1 is 1.08 bits per heavy atom. The van der Waals surface area contributed by atoms with Crippen molar-refractivity contribution in [3.05, 3.63) is 30.3 Å². The highest BCUT2D eigenvalue weighted by atomic mass is 16.4. The number of carbonyl (C=O) groups excluding carboxylic acids is 2. The van der Waals surface area contributed by atoms with Crippen molar-refractivity contribution >= 4 is 23.7 Å². The van der Waals surface area contributed by atoms with Crippen LogP contribution in [0.2, 0.25) is 0 Å². The molecule has 3 rings (SSSR count). The predicted molar refractivity (Wildman–Crippen MR) is 92.5 cm³/mol. The average Bonchev–Trinajstić information content (AvgIpc) is 2.75. The quantitative estimate of drug-likeness (QED) is 0.794. The number of nitrogens with zero attached hydrogens (tertiary/aromatic N) is 3. The van der Waals surface area contributed by atoms with E-state index in [4.69, 9.17) is 0 Å². The molecule has 0 unspecified atom stereocenters. The van der Waals surface area contributed by atoms with Crippen LogP contribution in [-0.4, -0.2) is 57.1 Å². The molecule has 7 heteroatoms. The second-order valence-electron chi connectivity index (χ2n) is 7.57. The molecule has 25 heavy (non-hydrogen) atoms. The van der Waals surface area contributed by atoms with Crippen LogP contribution in [0, 0.1) is 0 Å². The van der Waals surface area contributed by atoms with Gasteiger partial charge < -0.3 is 10.0 Å². The number of likely N-dealkylation sites (tertiary alicyclic amines) is 1. The van der Waals surface area contributed by atoms with Crippen molar-refractivity contribution in [2.24, 2.45) is 0 Å². The van der Waals surface area contributed by atoms with Crippen LogP contribution in [0.4, 0.5) is 15.3 Å². The second kappa shape index (κ2) is 5.75. The molecule has 0 aromatic heterocycles. The third-order valence-corrected chi connectivity index (χ3v) is 4.96. The van der Waals surface area contributed by atoms with Crippen LogP contribution in [0.25, 0.3) is 0 Å². The first-order chi connectivity index (χ1) is 11.7. The molecule has 0 atom stereocenters. The Morgan fingerprint density at radius 3 is 2.12 bits per heavy atom. The van der Waals surface area contributed by atoms with E-state index in [-0.39, 0.29) is 25.0 Å². The van der Waals surface area contributed by atoms with Gasteiger partial charge in [0.2, 0.25) is 0 Å². The minimum Gasteiger partial charge on any atom is -0.465 e. The Labute approximate surface area is 146 Å². The van der Waals surface area contributed by atoms with E-state index >= 15 is 0 Å². The van der Waals surface area contributed by atoms with Gasteiger partial charge in [-0.25, -0.2) is 9.59 Å². The zero-order valence-electron chi connectivity index (χ0n) is 14.7. The van der Waals surface area contributed by atoms with Gasteiger partial charge >= 0.3 is 12.1 Å². The highest BCUT2D eigenvalue weighted by molar-refractivity contribution is 6.17. The number of rotatable bonds is 1. The van der Waals surface area contributed by atoms with Gasteiger partial charge in [0.05, 0.1) is 0 Å². The van der Waals surface area contributed by atoms with Gasteiger partial charge in [0.15, 0.2) is 0 Å². The molecule has 2 fully saturated rings. The number of carboxylic acid groups (broad SMARTS) is 1. The van der Waals surface area contributed by atoms with E-state index in [1.165, 1.54) is 9.80 Å². The summed E-state index contributed by atoms with van der Waals surface area (Å²) >= 11 is 0. The molecule has 2 saturated heterocycles. The van der Waals surface area contributed by atoms with Crippen LogP contribution in [0.3, 0.4) is 0 Å². The summed E-state index contributed by atoms with van der Waals surface area (Å²) in [6.45, 7) is 5.96. The molecule has 1 N–H and O–H groups in total. The lowest BCUT2D eigenvalue weighted by atomic mass is 9.85. The van der Waals surface area contributed by atoms with Crippen molar-refractivity contribution in [3.63, 3.8) is 0 Å². The largest absolute Gasteiger partial charge is 0.465 e. The van der Waals surface area contributed by atoms with Crippen LogP contribution < -0.4 is 4.90 Å². The van der Waals surface area contributed by atoms with Crippen LogP contribution in [0.15, 0.2) is 30.3 Å². The summed E-state index contributed by atoms with van der Waals surface area (Å²) in [6, 6.07) is 8.78. The molecule has 4 amide bonds. The number of benzene rings is 1. The van der Waals surface area contributed by atoms with Crippen molar-refractivity contribution in [3.8, 4) is 0 Å². The third kappa shape index (κ3) is 2.63. The van der Waals surface area contributed by atoms with E-state index < -0.39 is 17.2 Å². The van der Waals surface area contributed by atoms with Crippen LogP contribution in [0.5, 0.6) is 0 Å². The molecule has 2 aliphatic rings. The van der Waals surface area contributed by atoms with Gasteiger partial charge in [-0.2, -0.15) is 0 Å². The fourth-order valence-electron chi connectivity index (χ4n) is 3.71. The van der Waals surface area contributed by atoms with E-state index in [0.717, 1.165) is 0 Å². The highest BCUT2D eigenvalue weighted by Gasteiger charge is 2.61. The van der Waals surface area contributed by atoms with Crippen molar-refractivity contribution in [1.29, 1.82) is 0 Å². The van der Waals surface area contributed by atoms with Crippen LogP contribution in [0.1, 0.15) is 33.6 Å². The smallest absolute Gasteiger partial charge is 0.407 e. The van der Waals surface area contributed by atoms with Gasteiger partial charge in [0, 0.05) is 24.3 Å². The Morgan fingerprint density at radius 2 is 1.64 bits per heavy atom. The molecule has 2 heterocycles. The van der Waals surface area contributed by atoms with Crippen molar-refractivity contribution in [2.75, 3.05) is 18.0 Å². The Bertz CT molecular complexity index is 703. The molecule has 7 nitrogen and oxygen atoms in total. The van der Waals surface area contributed by atoms with Crippen LogP contribution >= 0.6 is 0 Å². The topological polar surface area (TPSA) is 81.2 Å². The lowest BCUT2D eigenvalue weighted by Crippen LogP contribution is -2.58. The van der Waals surface area contributed by atoms with Crippen molar-refractivity contribution < 1.29 is 19.5 Å². The third-order valence-electron chi connectivity index (χ3n) is 4.96. The minimum atomic E-state index is -1.02. The van der Waals surface area contributed by atoms with Gasteiger partial charge in [0.25, 0.3) is 5.91 Å². The van der Waals surface area contributed by atoms with E-state index in [0.29, 0.717) is 18.5 Å². The van der Waals surface area contributed by atoms with E-state index in [9.17, 15) is 19.5 Å². The Balaban J connectivity index is 2.05. The summed E-state index contributed by atoms with van der Waals surface area (Å²) < 4.78 is 0. The van der Waals surface area contributed by atoms with E-state index in [2.05, 4.69) is 0 Å². The Hall–Kier alpha value is -2.57. The first kappa shape index (κ1) is 17.3. The number of para-hydroxylation sites is 1. The average molecular weight is 345 g/mol. The molecule has 0 radical (unpaired) electrons. The monoisotopic (exact) mass is 345 g/mol. The summed E-state index contributed by atoms with van der Waals surface area (Å²) in [5.41, 5.74) is -0.997. The fraction of sp³-hybridized carbons (Fsp3) is 0.500. The lowest BCUT2D eigenvalue weighted by molar-refractivity contribution is -0.135. The molecule has 134 valence electrons. The first-order valence-electron chi connectivity index (χ1n) is 8.40. The molecule has 2 aliphatic heterocycles. The first-order valence-corrected chi connectivity index (χ1v) is 8.40. The van der Waals surface area contributed by atoms with Crippen molar-refractivity contribution in [2.45, 2.75) is 44.7 Å². The molecule has 0 bridgehead atoms. The normalized spacial score (nSPS) is 20.5. The van der Waals surface area contributed by atoms with E-state index in [1.807, 2.05) is 51.1 Å². The maximum atomic E-state index is 13.3. The number of hydrogen-bond acceptors (Lipinski definition) is 3. The summed E-state index contributed by atoms with van der Waals surface area (Å²) in [5, 5.41) is 9.20. The standard InChI is InChI=1S/C18H23N3O4/c1-17(2,3)21-14(22)18(9-11-19(12-10-18)16(24)25)20(15(21)23)13-7-5-4-6-8-13/h4-8H,9-12H2,1-3H3,(H,24,25). The highest BCUT2D eigenvalue weighted by Crippen LogP contribution is 2.42. The molecule has 1 spiro atoms. The number of urea groups is 1. The van der Waals surface area contributed by atoms with E-state index in [1.54, 1.807) is 4.90 Å². The Kier molecular flexibility index (Phi) is 3.97. The number of piperidine rings is 1. The van der Waals surface area contributed by atoms with Gasteiger partial charge in [-0.3, -0.25) is 14.6 Å². The molecule has 0 saturated carbocycles. The fourth-order valence-corrected chi connectivity index (χ4v) is 3.71. The zero-order valence-corrected chi connectivity index (χ0v) is 14.7. The molecule has 1 aromatic carbocycles. The van der Waals surface area contributed by atoms with Crippen molar-refractivity contribution in [1.82, 2.24) is 9.80 Å². The molecular formula is C18H23N3O4. The summed E-state index contributed by atoms with van der Waals surface area (Å²) in [7, 11) is 0. The van der Waals surface area contributed by atoms with Gasteiger partial charge in [0.1, 0.15) is 5.54 Å². The second-order valence-corrected chi connectivity index (χ2v) is 7.57. The summed E-state index contributed by atoms with van der Waals surface area (Å²) in [4.78, 5) is 41.9. The molecule has 1 aromatic rings. The maximum absolute atomic E-state index is 13.3.